The van der Waals surface area contributed by atoms with E-state index < -0.39 is 0 Å². The highest BCUT2D eigenvalue weighted by Gasteiger charge is 2.22. The van der Waals surface area contributed by atoms with Crippen molar-refractivity contribution in [2.75, 3.05) is 29.9 Å². The number of hydrogen-bond donors (Lipinski definition) is 2. The molecule has 2 aromatic carbocycles. The first-order valence-electron chi connectivity index (χ1n) is 9.11. The van der Waals surface area contributed by atoms with Crippen molar-refractivity contribution < 1.29 is 9.18 Å². The van der Waals surface area contributed by atoms with Gasteiger partial charge in [0.15, 0.2) is 0 Å². The number of urea groups is 1. The van der Waals surface area contributed by atoms with Crippen LogP contribution >= 0.6 is 0 Å². The highest BCUT2D eigenvalue weighted by Crippen LogP contribution is 2.26. The Morgan fingerprint density at radius 1 is 1.30 bits per heavy atom. The summed E-state index contributed by atoms with van der Waals surface area (Å²) in [5, 5.41) is 14.6. The molecule has 0 aromatic heterocycles. The maximum absolute atomic E-state index is 14.3. The van der Waals surface area contributed by atoms with E-state index in [0.29, 0.717) is 24.3 Å². The minimum absolute atomic E-state index is 0.236. The minimum Gasteiger partial charge on any atom is -0.369 e. The molecule has 1 unspecified atom stereocenters. The van der Waals surface area contributed by atoms with Crippen molar-refractivity contribution in [2.24, 2.45) is 5.92 Å². The quantitative estimate of drug-likeness (QED) is 0.858. The topological polar surface area (TPSA) is 68.2 Å². The van der Waals surface area contributed by atoms with E-state index in [9.17, 15) is 9.18 Å². The van der Waals surface area contributed by atoms with Gasteiger partial charge in [-0.25, -0.2) is 9.18 Å². The lowest BCUT2D eigenvalue weighted by atomic mass is 9.97. The molecular weight excluding hydrogens is 343 g/mol. The maximum Gasteiger partial charge on any atom is 0.319 e. The van der Waals surface area contributed by atoms with Gasteiger partial charge in [-0.2, -0.15) is 5.26 Å². The Morgan fingerprint density at radius 3 is 2.78 bits per heavy atom. The van der Waals surface area contributed by atoms with Gasteiger partial charge in [0.1, 0.15) is 5.82 Å². The van der Waals surface area contributed by atoms with Crippen LogP contribution in [0.1, 0.15) is 24.0 Å². The molecule has 5 nitrogen and oxygen atoms in total. The molecule has 1 atom stereocenters. The summed E-state index contributed by atoms with van der Waals surface area (Å²) in [6.07, 6.45) is 1.92. The number of aryl methyl sites for hydroxylation is 1. The van der Waals surface area contributed by atoms with Crippen LogP contribution in [0.5, 0.6) is 0 Å². The molecule has 6 heteroatoms. The molecule has 3 rings (SSSR count). The molecule has 2 N–H and O–H groups in total. The molecule has 1 aliphatic rings. The summed E-state index contributed by atoms with van der Waals surface area (Å²) in [4.78, 5) is 14.1. The van der Waals surface area contributed by atoms with Gasteiger partial charge in [-0.05, 0) is 56.0 Å². The number of nitriles is 1. The van der Waals surface area contributed by atoms with E-state index in [1.165, 1.54) is 6.07 Å². The molecule has 0 aliphatic carbocycles. The predicted molar refractivity (Wildman–Crippen MR) is 104 cm³/mol. The second-order valence-corrected chi connectivity index (χ2v) is 6.93. The third-order valence-corrected chi connectivity index (χ3v) is 4.80. The number of benzene rings is 2. The standard InChI is InChI=1S/C21H23FN4O/c1-15-4-7-18(8-5-15)25-21(27)24-13-17-3-2-10-26(14-17)20-9-6-16(12-23)11-19(20)22/h4-9,11,17H,2-3,10,13-14H2,1H3,(H2,24,25,27). The number of piperidine rings is 1. The maximum atomic E-state index is 14.3. The number of rotatable bonds is 4. The van der Waals surface area contributed by atoms with Crippen molar-refractivity contribution in [3.05, 3.63) is 59.4 Å². The molecular formula is C21H23FN4O. The molecule has 0 bridgehead atoms. The van der Waals surface area contributed by atoms with Gasteiger partial charge in [0, 0.05) is 25.3 Å². The van der Waals surface area contributed by atoms with Crippen molar-refractivity contribution in [1.82, 2.24) is 5.32 Å². The highest BCUT2D eigenvalue weighted by atomic mass is 19.1. The van der Waals surface area contributed by atoms with Crippen LogP contribution in [-0.2, 0) is 0 Å². The van der Waals surface area contributed by atoms with Crippen LogP contribution in [-0.4, -0.2) is 25.7 Å². The van der Waals surface area contributed by atoms with Gasteiger partial charge >= 0.3 is 6.03 Å². The molecule has 1 aliphatic heterocycles. The SMILES string of the molecule is Cc1ccc(NC(=O)NCC2CCCN(c3ccc(C#N)cc3F)C2)cc1. The predicted octanol–water partition coefficient (Wildman–Crippen LogP) is 4.04. The van der Waals surface area contributed by atoms with Crippen LogP contribution in [0.15, 0.2) is 42.5 Å². The van der Waals surface area contributed by atoms with Gasteiger partial charge in [-0.1, -0.05) is 17.7 Å². The van der Waals surface area contributed by atoms with Crippen molar-refractivity contribution in [2.45, 2.75) is 19.8 Å². The van der Waals surface area contributed by atoms with E-state index in [1.54, 1.807) is 12.1 Å². The number of carbonyl (C=O) groups excluding carboxylic acids is 1. The fourth-order valence-corrected chi connectivity index (χ4v) is 3.33. The fraction of sp³-hybridized carbons (Fsp3) is 0.333. The van der Waals surface area contributed by atoms with E-state index in [4.69, 9.17) is 5.26 Å². The van der Waals surface area contributed by atoms with Gasteiger partial charge in [-0.3, -0.25) is 0 Å². The molecule has 140 valence electrons. The Labute approximate surface area is 158 Å². The third kappa shape index (κ3) is 4.98. The van der Waals surface area contributed by atoms with Crippen LogP contribution in [0.25, 0.3) is 0 Å². The number of nitrogens with zero attached hydrogens (tertiary/aromatic N) is 2. The van der Waals surface area contributed by atoms with Crippen LogP contribution in [0.4, 0.5) is 20.6 Å². The summed E-state index contributed by atoms with van der Waals surface area (Å²) in [5.74, 6) is -0.127. The van der Waals surface area contributed by atoms with Crippen LogP contribution in [0.3, 0.4) is 0 Å². The summed E-state index contributed by atoms with van der Waals surface area (Å²) >= 11 is 0. The molecule has 1 heterocycles. The molecule has 0 radical (unpaired) electrons. The smallest absolute Gasteiger partial charge is 0.319 e. The Kier molecular flexibility index (Phi) is 5.92. The largest absolute Gasteiger partial charge is 0.369 e. The number of nitrogens with one attached hydrogen (secondary N) is 2. The Balaban J connectivity index is 1.53. The van der Waals surface area contributed by atoms with Gasteiger partial charge in [0.25, 0.3) is 0 Å². The zero-order valence-corrected chi connectivity index (χ0v) is 15.3. The lowest BCUT2D eigenvalue weighted by molar-refractivity contribution is 0.249. The summed E-state index contributed by atoms with van der Waals surface area (Å²) in [7, 11) is 0. The van der Waals surface area contributed by atoms with Crippen LogP contribution in [0.2, 0.25) is 0 Å². The van der Waals surface area contributed by atoms with Crippen molar-refractivity contribution in [3.63, 3.8) is 0 Å². The first-order chi connectivity index (χ1) is 13.0. The molecule has 2 amide bonds. The first-order valence-corrected chi connectivity index (χ1v) is 9.11. The first kappa shape index (κ1) is 18.7. The zero-order chi connectivity index (χ0) is 19.2. The number of anilines is 2. The number of hydrogen-bond acceptors (Lipinski definition) is 3. The van der Waals surface area contributed by atoms with E-state index in [-0.39, 0.29) is 17.8 Å². The molecule has 27 heavy (non-hydrogen) atoms. The van der Waals surface area contributed by atoms with E-state index >= 15 is 0 Å². The molecule has 0 spiro atoms. The van der Waals surface area contributed by atoms with E-state index in [0.717, 1.165) is 30.6 Å². The lowest BCUT2D eigenvalue weighted by Gasteiger charge is -2.34. The second kappa shape index (κ2) is 8.54. The lowest BCUT2D eigenvalue weighted by Crippen LogP contribution is -2.42. The van der Waals surface area contributed by atoms with Gasteiger partial charge in [-0.15, -0.1) is 0 Å². The summed E-state index contributed by atoms with van der Waals surface area (Å²) < 4.78 is 14.3. The Hall–Kier alpha value is -3.07. The van der Waals surface area contributed by atoms with Crippen molar-refractivity contribution in [3.8, 4) is 6.07 Å². The van der Waals surface area contributed by atoms with Crippen LogP contribution < -0.4 is 15.5 Å². The Morgan fingerprint density at radius 2 is 2.07 bits per heavy atom. The van der Waals surface area contributed by atoms with Gasteiger partial charge < -0.3 is 15.5 Å². The van der Waals surface area contributed by atoms with E-state index in [2.05, 4.69) is 10.6 Å². The summed E-state index contributed by atoms with van der Waals surface area (Å²) in [5.41, 5.74) is 2.73. The Bertz CT molecular complexity index is 844. The van der Waals surface area contributed by atoms with Crippen molar-refractivity contribution in [1.29, 1.82) is 5.26 Å². The molecule has 1 saturated heterocycles. The average molecular weight is 366 g/mol. The zero-order valence-electron chi connectivity index (χ0n) is 15.3. The third-order valence-electron chi connectivity index (χ3n) is 4.80. The fourth-order valence-electron chi connectivity index (χ4n) is 3.33. The average Bonchev–Trinajstić information content (AvgIpc) is 2.68. The minimum atomic E-state index is -0.375. The number of carbonyl (C=O) groups is 1. The van der Waals surface area contributed by atoms with Gasteiger partial charge in [0.2, 0.25) is 0 Å². The van der Waals surface area contributed by atoms with E-state index in [1.807, 2.05) is 42.2 Å². The highest BCUT2D eigenvalue weighted by molar-refractivity contribution is 5.89. The monoisotopic (exact) mass is 366 g/mol. The molecule has 0 saturated carbocycles. The molecule has 1 fully saturated rings. The summed E-state index contributed by atoms with van der Waals surface area (Å²) in [6.45, 7) is 3.98. The van der Waals surface area contributed by atoms with Gasteiger partial charge in [0.05, 0.1) is 17.3 Å². The number of amides is 2. The van der Waals surface area contributed by atoms with Crippen molar-refractivity contribution >= 4 is 17.4 Å². The summed E-state index contributed by atoms with van der Waals surface area (Å²) in [6, 6.07) is 13.9. The van der Waals surface area contributed by atoms with Crippen LogP contribution in [0, 0.1) is 30.0 Å². The normalized spacial score (nSPS) is 16.5. The second-order valence-electron chi connectivity index (χ2n) is 6.93. The number of halogens is 1. The molecule has 2 aromatic rings.